The lowest BCUT2D eigenvalue weighted by molar-refractivity contribution is -0.157. The molecule has 0 aromatic heterocycles. The Kier molecular flexibility index (Phi) is 6.71. The Labute approximate surface area is 136 Å². The normalized spacial score (nSPS) is 12.5. The molecule has 1 atom stereocenters. The van der Waals surface area contributed by atoms with Crippen LogP contribution < -0.4 is 4.72 Å². The molecule has 1 aromatic carbocycles. The first-order chi connectivity index (χ1) is 10.6. The molecule has 8 heteroatoms. The topological polar surface area (TPSA) is 92.8 Å². The molecular weight excluding hydrogens is 320 g/mol. The van der Waals surface area contributed by atoms with E-state index in [-0.39, 0.29) is 23.8 Å². The second-order valence-electron chi connectivity index (χ2n) is 5.33. The molecule has 7 nitrogen and oxygen atoms in total. The van der Waals surface area contributed by atoms with Crippen molar-refractivity contribution in [3.8, 4) is 0 Å². The molecule has 0 aliphatic heterocycles. The van der Waals surface area contributed by atoms with E-state index >= 15 is 0 Å². The number of carbonyl (C=O) groups excluding carboxylic acids is 2. The third-order valence-corrected chi connectivity index (χ3v) is 4.53. The van der Waals surface area contributed by atoms with E-state index in [1.54, 1.807) is 26.2 Å². The maximum absolute atomic E-state index is 12.0. The van der Waals surface area contributed by atoms with Gasteiger partial charge in [-0.3, -0.25) is 9.59 Å². The van der Waals surface area contributed by atoms with Crippen molar-refractivity contribution in [2.45, 2.75) is 31.3 Å². The monoisotopic (exact) mass is 342 g/mol. The SMILES string of the molecule is Cc1ccc(S(=O)(=O)NCCC(=O)O[C@@H](C)C(=O)N(C)C)cc1. The molecule has 0 saturated heterocycles. The van der Waals surface area contributed by atoms with E-state index in [1.165, 1.54) is 24.0 Å². The van der Waals surface area contributed by atoms with E-state index in [9.17, 15) is 18.0 Å². The number of carbonyl (C=O) groups is 2. The fraction of sp³-hybridized carbons (Fsp3) is 0.467. The van der Waals surface area contributed by atoms with Crippen molar-refractivity contribution in [2.75, 3.05) is 20.6 Å². The van der Waals surface area contributed by atoms with Crippen LogP contribution in [0.25, 0.3) is 0 Å². The summed E-state index contributed by atoms with van der Waals surface area (Å²) in [5.41, 5.74) is 0.951. The van der Waals surface area contributed by atoms with E-state index < -0.39 is 22.1 Å². The summed E-state index contributed by atoms with van der Waals surface area (Å²) in [5, 5.41) is 0. The number of sulfonamides is 1. The number of amides is 1. The quantitative estimate of drug-likeness (QED) is 0.736. The third kappa shape index (κ3) is 5.99. The van der Waals surface area contributed by atoms with Gasteiger partial charge in [-0.2, -0.15) is 0 Å². The zero-order valence-electron chi connectivity index (χ0n) is 13.7. The molecular formula is C15H22N2O5S. The lowest BCUT2D eigenvalue weighted by atomic mass is 10.2. The molecule has 0 heterocycles. The Morgan fingerprint density at radius 3 is 2.30 bits per heavy atom. The smallest absolute Gasteiger partial charge is 0.307 e. The first-order valence-electron chi connectivity index (χ1n) is 7.10. The largest absolute Gasteiger partial charge is 0.452 e. The summed E-state index contributed by atoms with van der Waals surface area (Å²) in [4.78, 5) is 24.6. The van der Waals surface area contributed by atoms with Crippen LogP contribution in [0.3, 0.4) is 0 Å². The number of benzene rings is 1. The van der Waals surface area contributed by atoms with Crippen LogP contribution >= 0.6 is 0 Å². The summed E-state index contributed by atoms with van der Waals surface area (Å²) in [7, 11) is -0.548. The molecule has 1 amide bonds. The maximum Gasteiger partial charge on any atom is 0.307 e. The Balaban J connectivity index is 2.48. The minimum Gasteiger partial charge on any atom is -0.452 e. The van der Waals surface area contributed by atoms with E-state index in [0.29, 0.717) is 0 Å². The van der Waals surface area contributed by atoms with E-state index in [0.717, 1.165) is 5.56 Å². The molecule has 0 bridgehead atoms. The van der Waals surface area contributed by atoms with Crippen molar-refractivity contribution in [3.05, 3.63) is 29.8 Å². The zero-order chi connectivity index (χ0) is 17.6. The summed E-state index contributed by atoms with van der Waals surface area (Å²) in [6.07, 6.45) is -1.05. The standard InChI is InChI=1S/C15H22N2O5S/c1-11-5-7-13(8-6-11)23(20,21)16-10-9-14(18)22-12(2)15(19)17(3)4/h5-8,12,16H,9-10H2,1-4H3/t12-/m0/s1. The van der Waals surface area contributed by atoms with Crippen molar-refractivity contribution in [1.29, 1.82) is 0 Å². The van der Waals surface area contributed by atoms with Crippen molar-refractivity contribution in [3.63, 3.8) is 0 Å². The molecule has 1 aromatic rings. The zero-order valence-corrected chi connectivity index (χ0v) is 14.5. The van der Waals surface area contributed by atoms with Gasteiger partial charge in [0.05, 0.1) is 11.3 Å². The number of likely N-dealkylation sites (N-methyl/N-ethyl adjacent to an activating group) is 1. The summed E-state index contributed by atoms with van der Waals surface area (Å²) in [6.45, 7) is 3.23. The van der Waals surface area contributed by atoms with E-state index in [1.807, 2.05) is 6.92 Å². The van der Waals surface area contributed by atoms with Crippen molar-refractivity contribution in [1.82, 2.24) is 9.62 Å². The van der Waals surface area contributed by atoms with Gasteiger partial charge in [0, 0.05) is 20.6 Å². The number of hydrogen-bond donors (Lipinski definition) is 1. The summed E-state index contributed by atoms with van der Waals surface area (Å²) in [6, 6.07) is 6.37. The first-order valence-corrected chi connectivity index (χ1v) is 8.59. The predicted molar refractivity (Wildman–Crippen MR) is 85.2 cm³/mol. The number of ether oxygens (including phenoxy) is 1. The highest BCUT2D eigenvalue weighted by Crippen LogP contribution is 2.09. The number of aryl methyl sites for hydroxylation is 1. The lowest BCUT2D eigenvalue weighted by Crippen LogP contribution is -2.35. The highest BCUT2D eigenvalue weighted by Gasteiger charge is 2.20. The van der Waals surface area contributed by atoms with Gasteiger partial charge in [0.2, 0.25) is 10.0 Å². The van der Waals surface area contributed by atoms with Gasteiger partial charge >= 0.3 is 5.97 Å². The van der Waals surface area contributed by atoms with Crippen LogP contribution in [0.1, 0.15) is 18.9 Å². The van der Waals surface area contributed by atoms with E-state index in [2.05, 4.69) is 4.72 Å². The predicted octanol–water partition coefficient (Wildman–Crippen LogP) is 0.683. The van der Waals surface area contributed by atoms with Gasteiger partial charge in [-0.1, -0.05) is 17.7 Å². The molecule has 0 aliphatic rings. The van der Waals surface area contributed by atoms with Gasteiger partial charge in [0.25, 0.3) is 5.91 Å². The first kappa shape index (κ1) is 19.1. The molecule has 128 valence electrons. The Hall–Kier alpha value is -1.93. The minimum atomic E-state index is -3.66. The van der Waals surface area contributed by atoms with Crippen molar-refractivity contribution in [2.24, 2.45) is 0 Å². The van der Waals surface area contributed by atoms with Crippen LogP contribution in [-0.4, -0.2) is 51.9 Å². The summed E-state index contributed by atoms with van der Waals surface area (Å²) in [5.74, 6) is -0.974. The molecule has 23 heavy (non-hydrogen) atoms. The fourth-order valence-corrected chi connectivity index (χ4v) is 2.79. The van der Waals surface area contributed by atoms with Crippen molar-refractivity contribution >= 4 is 21.9 Å². The Bertz CT molecular complexity index is 653. The maximum atomic E-state index is 12.0. The molecule has 0 radical (unpaired) electrons. The van der Waals surface area contributed by atoms with Gasteiger partial charge in [0.15, 0.2) is 6.10 Å². The molecule has 1 N–H and O–H groups in total. The highest BCUT2D eigenvalue weighted by molar-refractivity contribution is 7.89. The second kappa shape index (κ2) is 8.07. The van der Waals surface area contributed by atoms with Crippen LogP contribution in [-0.2, 0) is 24.3 Å². The van der Waals surface area contributed by atoms with Gasteiger partial charge < -0.3 is 9.64 Å². The average Bonchev–Trinajstić information content (AvgIpc) is 2.46. The minimum absolute atomic E-state index is 0.0993. The highest BCUT2D eigenvalue weighted by atomic mass is 32.2. The van der Waals surface area contributed by atoms with Crippen LogP contribution in [0.15, 0.2) is 29.2 Å². The number of rotatable bonds is 7. The lowest BCUT2D eigenvalue weighted by Gasteiger charge is -2.17. The number of nitrogens with zero attached hydrogens (tertiary/aromatic N) is 1. The second-order valence-corrected chi connectivity index (χ2v) is 7.09. The number of esters is 1. The number of hydrogen-bond acceptors (Lipinski definition) is 5. The van der Waals surface area contributed by atoms with Crippen LogP contribution in [0.5, 0.6) is 0 Å². The molecule has 0 fully saturated rings. The van der Waals surface area contributed by atoms with Crippen molar-refractivity contribution < 1.29 is 22.7 Å². The fourth-order valence-electron chi connectivity index (χ4n) is 1.76. The Morgan fingerprint density at radius 1 is 1.22 bits per heavy atom. The molecule has 0 saturated carbocycles. The van der Waals surface area contributed by atoms with Gasteiger partial charge in [-0.15, -0.1) is 0 Å². The van der Waals surface area contributed by atoms with Gasteiger partial charge in [-0.05, 0) is 26.0 Å². The van der Waals surface area contributed by atoms with Gasteiger partial charge in [0.1, 0.15) is 0 Å². The van der Waals surface area contributed by atoms with Crippen LogP contribution in [0, 0.1) is 6.92 Å². The van der Waals surface area contributed by atoms with Crippen LogP contribution in [0.4, 0.5) is 0 Å². The molecule has 0 aliphatic carbocycles. The molecule has 0 spiro atoms. The average molecular weight is 342 g/mol. The molecule has 0 unspecified atom stereocenters. The summed E-state index contributed by atoms with van der Waals surface area (Å²) < 4.78 is 31.3. The summed E-state index contributed by atoms with van der Waals surface area (Å²) >= 11 is 0. The van der Waals surface area contributed by atoms with Gasteiger partial charge in [-0.25, -0.2) is 13.1 Å². The third-order valence-electron chi connectivity index (χ3n) is 3.05. The number of nitrogens with one attached hydrogen (secondary N) is 1. The van der Waals surface area contributed by atoms with E-state index in [4.69, 9.17) is 4.74 Å². The van der Waals surface area contributed by atoms with Crippen LogP contribution in [0.2, 0.25) is 0 Å². The Morgan fingerprint density at radius 2 is 1.78 bits per heavy atom. The molecule has 1 rings (SSSR count).